The van der Waals surface area contributed by atoms with E-state index in [1.54, 1.807) is 19.2 Å². The van der Waals surface area contributed by atoms with Crippen LogP contribution in [0.25, 0.3) is 0 Å². The number of aryl methyl sites for hydroxylation is 1. The smallest absolute Gasteiger partial charge is 0.192 e. The maximum atomic E-state index is 14.2. The van der Waals surface area contributed by atoms with Gasteiger partial charge in [-0.15, -0.1) is 0 Å². The van der Waals surface area contributed by atoms with Crippen LogP contribution in [-0.4, -0.2) is 105 Å². The second-order valence-electron chi connectivity index (χ2n) is 20.7. The van der Waals surface area contributed by atoms with Gasteiger partial charge >= 0.3 is 0 Å². The summed E-state index contributed by atoms with van der Waals surface area (Å²) in [6.45, 7) is 34.0. The predicted octanol–water partition coefficient (Wildman–Crippen LogP) is 9.98. The Morgan fingerprint density at radius 3 is 2.12 bits per heavy atom. The van der Waals surface area contributed by atoms with Crippen LogP contribution in [0.15, 0.2) is 53.0 Å². The number of rotatable bonds is 19. The van der Waals surface area contributed by atoms with Crippen LogP contribution < -0.4 is 0 Å². The van der Waals surface area contributed by atoms with E-state index in [2.05, 4.69) is 94.2 Å². The van der Waals surface area contributed by atoms with Crippen LogP contribution in [0.3, 0.4) is 0 Å². The van der Waals surface area contributed by atoms with Crippen LogP contribution in [0, 0.1) is 18.8 Å². The van der Waals surface area contributed by atoms with E-state index in [9.17, 15) is 13.5 Å². The van der Waals surface area contributed by atoms with Crippen molar-refractivity contribution in [3.63, 3.8) is 0 Å². The van der Waals surface area contributed by atoms with E-state index in [-0.39, 0.29) is 58.9 Å². The summed E-state index contributed by atoms with van der Waals surface area (Å²) < 4.78 is 68.9. The molecule has 0 saturated carbocycles. The van der Waals surface area contributed by atoms with Gasteiger partial charge in [0.1, 0.15) is 0 Å². The lowest BCUT2D eigenvalue weighted by Gasteiger charge is -2.42. The van der Waals surface area contributed by atoms with Gasteiger partial charge in [-0.3, -0.25) is 0 Å². The molecule has 9 nitrogen and oxygen atoms in total. The van der Waals surface area contributed by atoms with E-state index in [4.69, 9.17) is 27.8 Å². The highest BCUT2D eigenvalue weighted by Crippen LogP contribution is 2.44. The fourth-order valence-corrected chi connectivity index (χ4v) is 12.2. The molecule has 2 saturated heterocycles. The average Bonchev–Trinajstić information content (AvgIpc) is 3.63. The molecule has 0 bridgehead atoms. The lowest BCUT2D eigenvalue weighted by atomic mass is 9.83. The van der Waals surface area contributed by atoms with Gasteiger partial charge in [0.25, 0.3) is 0 Å². The van der Waals surface area contributed by atoms with Crippen molar-refractivity contribution in [2.45, 2.75) is 197 Å². The van der Waals surface area contributed by atoms with Gasteiger partial charge in [0.15, 0.2) is 26.5 Å². The quantitative estimate of drug-likeness (QED) is 0.107. The van der Waals surface area contributed by atoms with Crippen molar-refractivity contribution in [3.05, 3.63) is 53.6 Å². The largest absolute Gasteiger partial charge is 0.414 e. The Morgan fingerprint density at radius 2 is 1.53 bits per heavy atom. The van der Waals surface area contributed by atoms with Gasteiger partial charge in [0, 0.05) is 32.5 Å². The third-order valence-electron chi connectivity index (χ3n) is 14.0. The lowest BCUT2D eigenvalue weighted by molar-refractivity contribution is -0.0783. The normalized spacial score (nSPS) is 29.5. The number of aliphatic hydroxyl groups excluding tert-OH is 1. The molecule has 0 amide bonds. The first-order valence-corrected chi connectivity index (χ1v) is 29.3. The highest BCUT2D eigenvalue weighted by molar-refractivity contribution is 7.91. The third-order valence-corrected chi connectivity index (χ3v) is 24.9. The van der Waals surface area contributed by atoms with Crippen molar-refractivity contribution in [1.29, 1.82) is 0 Å². The van der Waals surface area contributed by atoms with Gasteiger partial charge in [-0.25, -0.2) is 8.42 Å². The summed E-state index contributed by atoms with van der Waals surface area (Å²) in [4.78, 5) is 0.307. The maximum Gasteiger partial charge on any atom is 0.192 e. The molecule has 12 heteroatoms. The molecular formula is C46H80O9SSi2. The summed E-state index contributed by atoms with van der Waals surface area (Å²) in [6.07, 6.45) is 5.54. The Bertz CT molecular complexity index is 1630. The van der Waals surface area contributed by atoms with Crippen molar-refractivity contribution in [2.75, 3.05) is 26.1 Å². The fourth-order valence-electron chi connectivity index (χ4n) is 8.13. The highest BCUT2D eigenvalue weighted by atomic mass is 32.2. The average molecular weight is 865 g/mol. The first kappa shape index (κ1) is 49.5. The zero-order valence-electron chi connectivity index (χ0n) is 38.6. The number of aliphatic hydroxyl groups is 1. The monoisotopic (exact) mass is 865 g/mol. The van der Waals surface area contributed by atoms with Crippen molar-refractivity contribution in [3.8, 4) is 0 Å². The second-order valence-corrected chi connectivity index (χ2v) is 32.3. The molecule has 3 aliphatic heterocycles. The molecule has 0 radical (unpaired) electrons. The van der Waals surface area contributed by atoms with E-state index >= 15 is 0 Å². The summed E-state index contributed by atoms with van der Waals surface area (Å²) in [5.74, 6) is -0.314. The van der Waals surface area contributed by atoms with E-state index < -0.39 is 50.7 Å². The topological polar surface area (TPSA) is 110 Å². The van der Waals surface area contributed by atoms with Crippen molar-refractivity contribution < 1.29 is 41.3 Å². The minimum absolute atomic E-state index is 0.0124. The number of sulfone groups is 1. The Morgan fingerprint density at radius 1 is 0.897 bits per heavy atom. The number of benzene rings is 1. The van der Waals surface area contributed by atoms with Gasteiger partial charge in [-0.1, -0.05) is 78.8 Å². The number of hydrogen-bond acceptors (Lipinski definition) is 9. The number of methoxy groups -OCH3 is 1. The molecule has 1 N–H and O–H groups in total. The first-order valence-electron chi connectivity index (χ1n) is 21.9. The van der Waals surface area contributed by atoms with Gasteiger partial charge in [0.2, 0.25) is 0 Å². The van der Waals surface area contributed by atoms with E-state index in [1.807, 2.05) is 19.1 Å². The molecule has 0 aromatic heterocycles. The van der Waals surface area contributed by atoms with E-state index in [1.165, 1.54) is 5.57 Å². The Balaban J connectivity index is 1.61. The van der Waals surface area contributed by atoms with Crippen LogP contribution in [-0.2, 0) is 37.6 Å². The summed E-state index contributed by atoms with van der Waals surface area (Å²) in [6, 6.07) is 7.10. The molecule has 1 aromatic carbocycles. The van der Waals surface area contributed by atoms with Crippen LogP contribution in [0.4, 0.5) is 0 Å². The van der Waals surface area contributed by atoms with E-state index in [0.717, 1.165) is 43.2 Å². The number of ether oxygens (including phenoxy) is 4. The predicted molar refractivity (Wildman–Crippen MR) is 240 cm³/mol. The van der Waals surface area contributed by atoms with Crippen LogP contribution in [0.2, 0.25) is 36.3 Å². The van der Waals surface area contributed by atoms with Gasteiger partial charge < -0.3 is 32.9 Å². The minimum Gasteiger partial charge on any atom is -0.414 e. The SMILES string of the molecule is C=C1[C@H](C)C[C@H](CC[C@@H]2O[C@@H](CCCO)C=C2C)O[C@@H]1C[C@@H]1O[C@H](C[C@@H](CO[Si](C)(C)C(C)(C)C)O[Si](C)(C)C(C)(C)C)[C@H](OC)[C@H]1CS(=O)(=O)c1ccc(C)cc1. The molecule has 4 rings (SSSR count). The molecule has 3 aliphatic rings. The van der Waals surface area contributed by atoms with Crippen LogP contribution in [0.5, 0.6) is 0 Å². The van der Waals surface area contributed by atoms with Crippen molar-refractivity contribution >= 4 is 26.5 Å². The molecular weight excluding hydrogens is 785 g/mol. The summed E-state index contributed by atoms with van der Waals surface area (Å²) in [7, 11) is -6.37. The second kappa shape index (κ2) is 19.9. The third kappa shape index (κ3) is 12.7. The molecule has 332 valence electrons. The van der Waals surface area contributed by atoms with Crippen LogP contribution in [0.1, 0.15) is 106 Å². The summed E-state index contributed by atoms with van der Waals surface area (Å²) in [5.41, 5.74) is 3.27. The van der Waals surface area contributed by atoms with E-state index in [0.29, 0.717) is 24.3 Å². The Hall–Kier alpha value is -1.20. The van der Waals surface area contributed by atoms with Crippen LogP contribution >= 0.6 is 0 Å². The van der Waals surface area contributed by atoms with Crippen molar-refractivity contribution in [2.24, 2.45) is 11.8 Å². The summed E-state index contributed by atoms with van der Waals surface area (Å²) in [5, 5.41) is 9.33. The molecule has 0 spiro atoms. The highest BCUT2D eigenvalue weighted by Gasteiger charge is 2.50. The van der Waals surface area contributed by atoms with Gasteiger partial charge in [0.05, 0.1) is 66.1 Å². The van der Waals surface area contributed by atoms with Gasteiger partial charge in [-0.05, 0) is 111 Å². The lowest BCUT2D eigenvalue weighted by Crippen LogP contribution is -2.49. The molecule has 2 fully saturated rings. The molecule has 1 aromatic rings. The first-order chi connectivity index (χ1) is 26.8. The molecule has 3 heterocycles. The maximum absolute atomic E-state index is 14.2. The Kier molecular flexibility index (Phi) is 17.0. The zero-order chi connectivity index (χ0) is 43.4. The Labute approximate surface area is 355 Å². The number of hydrogen-bond donors (Lipinski definition) is 1. The molecule has 0 unspecified atom stereocenters. The summed E-state index contributed by atoms with van der Waals surface area (Å²) >= 11 is 0. The fraction of sp³-hybridized carbons (Fsp3) is 0.783. The molecule has 58 heavy (non-hydrogen) atoms. The van der Waals surface area contributed by atoms with Gasteiger partial charge in [-0.2, -0.15) is 0 Å². The standard InChI is InChI=1S/C46H80O9SSi2/c1-31-18-21-38(22-19-31)56(48,49)30-39-42(28-41-34(4)32(2)25-36(53-41)20-23-40-33(3)26-35(52-40)17-16-24-47)54-43(44(39)50-11)27-37(55-58(14,15)46(8,9)10)29-51-57(12,13)45(5,6)7/h18-19,21-22,26,32,35-37,39-44,47H,4,16-17,20,23-25,27-30H2,1-3,5-15H3/t32-,35+,36+,37+,39+,40+,41-,42+,43-,44-/m1/s1. The molecule has 0 aliphatic carbocycles. The minimum atomic E-state index is -3.69. The van der Waals surface area contributed by atoms with Crippen molar-refractivity contribution in [1.82, 2.24) is 0 Å². The zero-order valence-corrected chi connectivity index (χ0v) is 41.4. The molecule has 10 atom stereocenters.